The summed E-state index contributed by atoms with van der Waals surface area (Å²) in [5.74, 6) is -0.278. The molecule has 0 aliphatic carbocycles. The molecule has 2 aromatic heterocycles. The SMILES string of the molecule is CS(=O)(=NC(=O)Cc1ncn[nH]1)c1cnn2c1CN(C(=O)C1CCO1)CC2. The molecule has 2 aliphatic rings. The Hall–Kier alpha value is -2.60. The van der Waals surface area contributed by atoms with Gasteiger partial charge in [-0.25, -0.2) is 9.19 Å². The van der Waals surface area contributed by atoms with E-state index in [1.807, 2.05) is 0 Å². The molecule has 2 unspecified atom stereocenters. The van der Waals surface area contributed by atoms with E-state index in [-0.39, 0.29) is 25.0 Å². The maximum absolute atomic E-state index is 13.1. The Balaban J connectivity index is 1.57. The van der Waals surface area contributed by atoms with Crippen LogP contribution in [-0.4, -0.2) is 71.4 Å². The predicted octanol–water partition coefficient (Wildman–Crippen LogP) is -0.642. The molecule has 144 valence electrons. The minimum atomic E-state index is -3.01. The predicted molar refractivity (Wildman–Crippen MR) is 91.9 cm³/mol. The maximum atomic E-state index is 13.1. The molecule has 0 aromatic carbocycles. The van der Waals surface area contributed by atoms with E-state index in [4.69, 9.17) is 4.74 Å². The Morgan fingerprint density at radius 2 is 2.26 bits per heavy atom. The van der Waals surface area contributed by atoms with E-state index in [0.29, 0.717) is 36.1 Å². The Kier molecular flexibility index (Phi) is 4.52. The molecule has 12 heteroatoms. The van der Waals surface area contributed by atoms with Crippen molar-refractivity contribution in [3.63, 3.8) is 0 Å². The molecule has 2 atom stereocenters. The zero-order valence-corrected chi connectivity index (χ0v) is 15.5. The molecular formula is C15H19N7O4S. The van der Waals surface area contributed by atoms with Crippen LogP contribution in [0.3, 0.4) is 0 Å². The highest BCUT2D eigenvalue weighted by atomic mass is 32.2. The van der Waals surface area contributed by atoms with E-state index in [2.05, 4.69) is 24.6 Å². The van der Waals surface area contributed by atoms with Crippen LogP contribution in [0.15, 0.2) is 21.8 Å². The molecule has 1 N–H and O–H groups in total. The molecule has 0 radical (unpaired) electrons. The van der Waals surface area contributed by atoms with Crippen molar-refractivity contribution in [1.29, 1.82) is 0 Å². The summed E-state index contributed by atoms with van der Waals surface area (Å²) in [5, 5.41) is 10.5. The largest absolute Gasteiger partial charge is 0.368 e. The smallest absolute Gasteiger partial charge is 0.261 e. The van der Waals surface area contributed by atoms with Gasteiger partial charge in [0, 0.05) is 19.2 Å². The number of nitrogens with zero attached hydrogens (tertiary/aromatic N) is 6. The summed E-state index contributed by atoms with van der Waals surface area (Å²) in [4.78, 5) is 30.5. The fraction of sp³-hybridized carbons (Fsp3) is 0.533. The van der Waals surface area contributed by atoms with Crippen LogP contribution in [0.25, 0.3) is 0 Å². The zero-order chi connectivity index (χ0) is 19.0. The molecule has 2 aromatic rings. The van der Waals surface area contributed by atoms with Gasteiger partial charge < -0.3 is 9.64 Å². The average molecular weight is 393 g/mol. The third-order valence-electron chi connectivity index (χ3n) is 4.59. The fourth-order valence-corrected chi connectivity index (χ4v) is 4.50. The van der Waals surface area contributed by atoms with Crippen molar-refractivity contribution in [2.24, 2.45) is 4.36 Å². The second kappa shape index (κ2) is 6.85. The summed E-state index contributed by atoms with van der Waals surface area (Å²) >= 11 is 0. The Morgan fingerprint density at radius 3 is 2.93 bits per heavy atom. The first-order chi connectivity index (χ1) is 12.9. The van der Waals surface area contributed by atoms with Gasteiger partial charge in [-0.15, -0.1) is 0 Å². The third-order valence-corrected chi connectivity index (χ3v) is 6.30. The summed E-state index contributed by atoms with van der Waals surface area (Å²) in [6, 6.07) is 0. The topological polar surface area (TPSA) is 135 Å². The van der Waals surface area contributed by atoms with Gasteiger partial charge in [0.15, 0.2) is 0 Å². The molecule has 27 heavy (non-hydrogen) atoms. The van der Waals surface area contributed by atoms with Crippen molar-refractivity contribution in [1.82, 2.24) is 29.9 Å². The highest BCUT2D eigenvalue weighted by Gasteiger charge is 2.34. The van der Waals surface area contributed by atoms with Gasteiger partial charge in [0.05, 0.1) is 52.6 Å². The number of rotatable bonds is 4. The van der Waals surface area contributed by atoms with Crippen LogP contribution in [0, 0.1) is 0 Å². The van der Waals surface area contributed by atoms with Crippen molar-refractivity contribution in [2.75, 3.05) is 19.4 Å². The highest BCUT2D eigenvalue weighted by molar-refractivity contribution is 7.93. The van der Waals surface area contributed by atoms with Crippen LogP contribution in [-0.2, 0) is 43.6 Å². The molecule has 0 bridgehead atoms. The Labute approximate surface area is 155 Å². The molecular weight excluding hydrogens is 374 g/mol. The minimum absolute atomic E-state index is 0.0689. The molecule has 2 aliphatic heterocycles. The van der Waals surface area contributed by atoms with Crippen LogP contribution in [0.1, 0.15) is 17.9 Å². The lowest BCUT2D eigenvalue weighted by Crippen LogP contribution is -2.48. The number of ether oxygens (including phenoxy) is 1. The lowest BCUT2D eigenvalue weighted by atomic mass is 10.1. The fourth-order valence-electron chi connectivity index (χ4n) is 3.09. The lowest BCUT2D eigenvalue weighted by molar-refractivity contribution is -0.157. The second-order valence-corrected chi connectivity index (χ2v) is 8.71. The van der Waals surface area contributed by atoms with Crippen LogP contribution >= 0.6 is 0 Å². The lowest BCUT2D eigenvalue weighted by Gasteiger charge is -2.34. The number of hydrogen-bond donors (Lipinski definition) is 1. The van der Waals surface area contributed by atoms with Gasteiger partial charge in [-0.05, 0) is 0 Å². The van der Waals surface area contributed by atoms with Gasteiger partial charge in [-0.3, -0.25) is 19.4 Å². The molecule has 0 saturated carbocycles. The maximum Gasteiger partial charge on any atom is 0.261 e. The quantitative estimate of drug-likeness (QED) is 0.729. The van der Waals surface area contributed by atoms with E-state index in [0.717, 1.165) is 6.42 Å². The van der Waals surface area contributed by atoms with Gasteiger partial charge in [0.2, 0.25) is 0 Å². The Bertz CT molecular complexity index is 986. The molecule has 2 amide bonds. The number of fused-ring (bicyclic) bond motifs is 1. The van der Waals surface area contributed by atoms with E-state index >= 15 is 0 Å². The van der Waals surface area contributed by atoms with Gasteiger partial charge in [0.25, 0.3) is 11.8 Å². The van der Waals surface area contributed by atoms with Gasteiger partial charge >= 0.3 is 0 Å². The molecule has 0 spiro atoms. The van der Waals surface area contributed by atoms with Crippen LogP contribution in [0.4, 0.5) is 0 Å². The standard InChI is InChI=1S/C15H19N7O4S/c1-27(25,20-14(23)6-13-16-9-17-19-13)12-7-18-22-4-3-21(8-10(12)22)15(24)11-2-5-26-11/h7,9,11H,2-6,8H2,1H3,(H,16,17,19). The first-order valence-corrected chi connectivity index (χ1v) is 10.4. The number of hydrogen-bond acceptors (Lipinski definition) is 7. The van der Waals surface area contributed by atoms with E-state index < -0.39 is 15.6 Å². The summed E-state index contributed by atoms with van der Waals surface area (Å²) in [6.45, 7) is 1.88. The Morgan fingerprint density at radius 1 is 1.44 bits per heavy atom. The number of H-pyrrole nitrogens is 1. The summed E-state index contributed by atoms with van der Waals surface area (Å²) in [7, 11) is -3.01. The van der Waals surface area contributed by atoms with Crippen LogP contribution in [0.5, 0.6) is 0 Å². The van der Waals surface area contributed by atoms with Gasteiger partial charge in [-0.1, -0.05) is 0 Å². The number of amides is 2. The van der Waals surface area contributed by atoms with Gasteiger partial charge in [0.1, 0.15) is 18.3 Å². The zero-order valence-electron chi connectivity index (χ0n) is 14.7. The summed E-state index contributed by atoms with van der Waals surface area (Å²) in [5.41, 5.74) is 0.637. The molecule has 4 heterocycles. The number of carbonyl (C=O) groups is 2. The van der Waals surface area contributed by atoms with Crippen molar-refractivity contribution < 1.29 is 18.5 Å². The molecule has 11 nitrogen and oxygen atoms in total. The normalized spacial score (nSPS) is 21.1. The number of aromatic nitrogens is 5. The third kappa shape index (κ3) is 3.49. The molecule has 1 fully saturated rings. The molecule has 1 saturated heterocycles. The molecule has 4 rings (SSSR count). The average Bonchev–Trinajstić information content (AvgIpc) is 3.21. The number of nitrogens with one attached hydrogen (secondary N) is 1. The highest BCUT2D eigenvalue weighted by Crippen LogP contribution is 2.24. The van der Waals surface area contributed by atoms with Gasteiger partial charge in [-0.2, -0.15) is 14.6 Å². The van der Waals surface area contributed by atoms with Crippen LogP contribution in [0.2, 0.25) is 0 Å². The summed E-state index contributed by atoms with van der Waals surface area (Å²) < 4.78 is 24.0. The van der Waals surface area contributed by atoms with Crippen molar-refractivity contribution in [2.45, 2.75) is 36.9 Å². The monoisotopic (exact) mass is 393 g/mol. The van der Waals surface area contributed by atoms with Crippen molar-refractivity contribution in [3.8, 4) is 0 Å². The first kappa shape index (κ1) is 17.8. The van der Waals surface area contributed by atoms with E-state index in [1.165, 1.54) is 18.8 Å². The van der Waals surface area contributed by atoms with Crippen LogP contribution < -0.4 is 0 Å². The first-order valence-electron chi connectivity index (χ1n) is 8.48. The number of carbonyl (C=O) groups excluding carboxylic acids is 2. The van der Waals surface area contributed by atoms with Crippen molar-refractivity contribution in [3.05, 3.63) is 24.0 Å². The minimum Gasteiger partial charge on any atom is -0.368 e. The summed E-state index contributed by atoms with van der Waals surface area (Å²) in [6.07, 6.45) is 4.38. The van der Waals surface area contributed by atoms with E-state index in [9.17, 15) is 13.8 Å². The second-order valence-electron chi connectivity index (χ2n) is 6.48. The number of aromatic amines is 1. The van der Waals surface area contributed by atoms with E-state index in [1.54, 1.807) is 9.58 Å². The van der Waals surface area contributed by atoms with Crippen molar-refractivity contribution >= 4 is 21.5 Å².